The highest BCUT2D eigenvalue weighted by molar-refractivity contribution is 5.78. The zero-order valence-corrected chi connectivity index (χ0v) is 11.2. The lowest BCUT2D eigenvalue weighted by Gasteiger charge is -2.29. The van der Waals surface area contributed by atoms with Gasteiger partial charge >= 0.3 is 0 Å². The highest BCUT2D eigenvalue weighted by Gasteiger charge is 2.17. The van der Waals surface area contributed by atoms with E-state index in [-0.39, 0.29) is 5.78 Å². The topological polar surface area (TPSA) is 29.5 Å². The van der Waals surface area contributed by atoms with E-state index in [9.17, 15) is 4.79 Å². The zero-order chi connectivity index (χ0) is 13.0. The molecule has 0 N–H and O–H groups in total. The van der Waals surface area contributed by atoms with E-state index in [1.807, 2.05) is 24.3 Å². The number of carbonyl (C=O) groups is 1. The van der Waals surface area contributed by atoms with Crippen LogP contribution in [0.3, 0.4) is 0 Å². The van der Waals surface area contributed by atoms with Crippen molar-refractivity contribution in [2.45, 2.75) is 32.3 Å². The normalized spacial score (nSPS) is 17.7. The molecule has 1 aliphatic rings. The van der Waals surface area contributed by atoms with Gasteiger partial charge in [-0.05, 0) is 44.5 Å². The van der Waals surface area contributed by atoms with Gasteiger partial charge in [-0.25, -0.2) is 0 Å². The largest absolute Gasteiger partial charge is 0.490 e. The molecule has 18 heavy (non-hydrogen) atoms. The van der Waals surface area contributed by atoms with Crippen molar-refractivity contribution in [2.75, 3.05) is 20.1 Å². The molecular formula is C15H21NO2. The summed E-state index contributed by atoms with van der Waals surface area (Å²) in [4.78, 5) is 13.3. The Morgan fingerprint density at radius 1 is 1.28 bits per heavy atom. The number of benzene rings is 1. The maximum atomic E-state index is 11.0. The Morgan fingerprint density at radius 3 is 2.44 bits per heavy atom. The molecule has 1 aromatic rings. The van der Waals surface area contributed by atoms with Crippen molar-refractivity contribution in [3.8, 4) is 5.75 Å². The number of nitrogens with zero attached hydrogens (tertiary/aromatic N) is 1. The number of carbonyl (C=O) groups excluding carboxylic acids is 1. The summed E-state index contributed by atoms with van der Waals surface area (Å²) in [5.74, 6) is 1.11. The van der Waals surface area contributed by atoms with Crippen molar-refractivity contribution >= 4 is 5.78 Å². The molecule has 0 unspecified atom stereocenters. The van der Waals surface area contributed by atoms with Crippen LogP contribution < -0.4 is 4.74 Å². The van der Waals surface area contributed by atoms with E-state index < -0.39 is 0 Å². The summed E-state index contributed by atoms with van der Waals surface area (Å²) in [5, 5.41) is 0. The van der Waals surface area contributed by atoms with Gasteiger partial charge in [0.25, 0.3) is 0 Å². The van der Waals surface area contributed by atoms with Crippen LogP contribution in [0.4, 0.5) is 0 Å². The van der Waals surface area contributed by atoms with Crippen molar-refractivity contribution in [3.63, 3.8) is 0 Å². The fraction of sp³-hybridized carbons (Fsp3) is 0.533. The fourth-order valence-electron chi connectivity index (χ4n) is 2.27. The first-order valence-electron chi connectivity index (χ1n) is 6.57. The van der Waals surface area contributed by atoms with Crippen LogP contribution in [-0.4, -0.2) is 36.9 Å². The molecule has 3 heteroatoms. The Morgan fingerprint density at radius 2 is 1.89 bits per heavy atom. The highest BCUT2D eigenvalue weighted by Crippen LogP contribution is 2.19. The summed E-state index contributed by atoms with van der Waals surface area (Å²) in [5.41, 5.74) is 1.05. The van der Waals surface area contributed by atoms with E-state index in [1.165, 1.54) is 0 Å². The van der Waals surface area contributed by atoms with E-state index in [2.05, 4.69) is 11.9 Å². The second kappa shape index (κ2) is 6.01. The lowest BCUT2D eigenvalue weighted by Crippen LogP contribution is -2.35. The van der Waals surface area contributed by atoms with Crippen LogP contribution in [0.25, 0.3) is 0 Å². The van der Waals surface area contributed by atoms with Gasteiger partial charge in [0.1, 0.15) is 17.6 Å². The van der Waals surface area contributed by atoms with Gasteiger partial charge in [0.15, 0.2) is 0 Å². The van der Waals surface area contributed by atoms with Crippen molar-refractivity contribution < 1.29 is 9.53 Å². The third kappa shape index (κ3) is 3.84. The van der Waals surface area contributed by atoms with E-state index in [0.29, 0.717) is 12.5 Å². The summed E-state index contributed by atoms with van der Waals surface area (Å²) in [6, 6.07) is 7.89. The van der Waals surface area contributed by atoms with Gasteiger partial charge in [0.2, 0.25) is 0 Å². The van der Waals surface area contributed by atoms with Crippen LogP contribution in [0.15, 0.2) is 24.3 Å². The molecule has 2 rings (SSSR count). The predicted molar refractivity (Wildman–Crippen MR) is 72.0 cm³/mol. The molecule has 0 atom stereocenters. The summed E-state index contributed by atoms with van der Waals surface area (Å²) in [7, 11) is 2.15. The van der Waals surface area contributed by atoms with Crippen LogP contribution in [0.1, 0.15) is 25.3 Å². The number of piperidine rings is 1. The number of hydrogen-bond donors (Lipinski definition) is 0. The first-order chi connectivity index (χ1) is 8.63. The van der Waals surface area contributed by atoms with Gasteiger partial charge in [0.05, 0.1) is 0 Å². The minimum absolute atomic E-state index is 0.194. The van der Waals surface area contributed by atoms with E-state index in [1.54, 1.807) is 6.92 Å². The molecule has 1 aliphatic heterocycles. The highest BCUT2D eigenvalue weighted by atomic mass is 16.5. The summed E-state index contributed by atoms with van der Waals surface area (Å²) in [6.07, 6.45) is 3.02. The molecular weight excluding hydrogens is 226 g/mol. The third-order valence-corrected chi connectivity index (χ3v) is 3.34. The monoisotopic (exact) mass is 247 g/mol. The van der Waals surface area contributed by atoms with E-state index >= 15 is 0 Å². The molecule has 3 nitrogen and oxygen atoms in total. The maximum absolute atomic E-state index is 11.0. The summed E-state index contributed by atoms with van der Waals surface area (Å²) in [6.45, 7) is 3.82. The number of Topliss-reactive ketones (excluding diaryl/α,β-unsaturated/α-hetero) is 1. The second-order valence-electron chi connectivity index (χ2n) is 5.14. The molecule has 0 aliphatic carbocycles. The Kier molecular flexibility index (Phi) is 4.37. The molecule has 98 valence electrons. The zero-order valence-electron chi connectivity index (χ0n) is 11.2. The van der Waals surface area contributed by atoms with Crippen LogP contribution >= 0.6 is 0 Å². The number of ketones is 1. The number of rotatable bonds is 4. The Hall–Kier alpha value is -1.35. The smallest absolute Gasteiger partial charge is 0.134 e. The van der Waals surface area contributed by atoms with Crippen molar-refractivity contribution in [1.29, 1.82) is 0 Å². The molecule has 0 bridgehead atoms. The molecule has 0 amide bonds. The lowest BCUT2D eigenvalue weighted by atomic mass is 10.1. The van der Waals surface area contributed by atoms with Crippen LogP contribution in [0, 0.1) is 0 Å². The fourth-order valence-corrected chi connectivity index (χ4v) is 2.27. The molecule has 0 radical (unpaired) electrons. The van der Waals surface area contributed by atoms with Gasteiger partial charge in [-0.2, -0.15) is 0 Å². The number of likely N-dealkylation sites (tertiary alicyclic amines) is 1. The average molecular weight is 247 g/mol. The number of ether oxygens (including phenoxy) is 1. The molecule has 1 saturated heterocycles. The van der Waals surface area contributed by atoms with Crippen molar-refractivity contribution in [3.05, 3.63) is 29.8 Å². The third-order valence-electron chi connectivity index (χ3n) is 3.34. The first kappa shape index (κ1) is 13.1. The first-order valence-corrected chi connectivity index (χ1v) is 6.57. The standard InChI is InChI=1S/C15H21NO2/c1-12(17)11-13-3-5-14(6-4-13)18-15-7-9-16(2)10-8-15/h3-6,15H,7-11H2,1-2H3. The Balaban J connectivity index is 1.88. The van der Waals surface area contributed by atoms with Crippen LogP contribution in [0.2, 0.25) is 0 Å². The number of hydrogen-bond acceptors (Lipinski definition) is 3. The van der Waals surface area contributed by atoms with Crippen molar-refractivity contribution in [1.82, 2.24) is 4.90 Å². The van der Waals surface area contributed by atoms with Crippen molar-refractivity contribution in [2.24, 2.45) is 0 Å². The predicted octanol–water partition coefficient (Wildman–Crippen LogP) is 2.29. The van der Waals surface area contributed by atoms with Crippen LogP contribution in [0.5, 0.6) is 5.75 Å². The summed E-state index contributed by atoms with van der Waals surface area (Å²) < 4.78 is 5.95. The molecule has 1 fully saturated rings. The molecule has 0 aromatic heterocycles. The summed E-state index contributed by atoms with van der Waals surface area (Å²) >= 11 is 0. The van der Waals surface area contributed by atoms with Gasteiger partial charge in [-0.3, -0.25) is 4.79 Å². The molecule has 0 saturated carbocycles. The van der Waals surface area contributed by atoms with Gasteiger partial charge in [-0.1, -0.05) is 12.1 Å². The Labute approximate surface area is 109 Å². The SMILES string of the molecule is CC(=O)Cc1ccc(OC2CCN(C)CC2)cc1. The Bertz CT molecular complexity index is 391. The molecule has 1 aromatic carbocycles. The van der Waals surface area contributed by atoms with Gasteiger partial charge < -0.3 is 9.64 Å². The molecule has 0 spiro atoms. The van der Waals surface area contributed by atoms with Gasteiger partial charge in [0, 0.05) is 19.5 Å². The quantitative estimate of drug-likeness (QED) is 0.817. The lowest BCUT2D eigenvalue weighted by molar-refractivity contribution is -0.116. The van der Waals surface area contributed by atoms with E-state index in [4.69, 9.17) is 4.74 Å². The second-order valence-corrected chi connectivity index (χ2v) is 5.14. The minimum Gasteiger partial charge on any atom is -0.490 e. The van der Waals surface area contributed by atoms with E-state index in [0.717, 1.165) is 37.2 Å². The minimum atomic E-state index is 0.194. The van der Waals surface area contributed by atoms with Crippen LogP contribution in [-0.2, 0) is 11.2 Å². The molecule has 1 heterocycles. The van der Waals surface area contributed by atoms with Gasteiger partial charge in [-0.15, -0.1) is 0 Å². The maximum Gasteiger partial charge on any atom is 0.134 e. The average Bonchev–Trinajstić information content (AvgIpc) is 2.34.